The van der Waals surface area contributed by atoms with Gasteiger partial charge in [0.2, 0.25) is 5.95 Å². The molecule has 5 heteroatoms. The van der Waals surface area contributed by atoms with Gasteiger partial charge in [-0.05, 0) is 6.07 Å². The van der Waals surface area contributed by atoms with Crippen LogP contribution in [0.1, 0.15) is 0 Å². The van der Waals surface area contributed by atoms with E-state index < -0.39 is 0 Å². The van der Waals surface area contributed by atoms with Crippen molar-refractivity contribution in [2.24, 2.45) is 0 Å². The van der Waals surface area contributed by atoms with Crippen molar-refractivity contribution in [2.75, 3.05) is 32.0 Å². The van der Waals surface area contributed by atoms with Gasteiger partial charge in [-0.15, -0.1) is 0 Å². The predicted octanol–water partition coefficient (Wildman–Crippen LogP) is -0.335. The fourth-order valence-corrected chi connectivity index (χ4v) is 0.826. The lowest BCUT2D eigenvalue weighted by molar-refractivity contribution is 0.109. The van der Waals surface area contributed by atoms with Gasteiger partial charge in [0.25, 0.3) is 0 Å². The van der Waals surface area contributed by atoms with E-state index >= 15 is 0 Å². The summed E-state index contributed by atoms with van der Waals surface area (Å²) in [5, 5.41) is 3.16. The van der Waals surface area contributed by atoms with Crippen molar-refractivity contribution in [3.63, 3.8) is 0 Å². The van der Waals surface area contributed by atoms with E-state index in [-0.39, 0.29) is 0 Å². The Labute approximate surface area is 77.3 Å². The molecule has 1 aromatic rings. The Morgan fingerprint density at radius 1 is 1.23 bits per heavy atom. The van der Waals surface area contributed by atoms with E-state index in [1.54, 1.807) is 18.5 Å². The minimum atomic E-state index is 0.322. The van der Waals surface area contributed by atoms with Crippen LogP contribution in [0.5, 0.6) is 0 Å². The molecule has 72 valence electrons. The number of morpholine rings is 1. The van der Waals surface area contributed by atoms with Crippen molar-refractivity contribution in [2.45, 2.75) is 0 Å². The van der Waals surface area contributed by atoms with Crippen LogP contribution in [0, 0.1) is 0 Å². The summed E-state index contributed by atoms with van der Waals surface area (Å²) in [5.74, 6) is 0.322. The Hall–Kier alpha value is -1.20. The second-order valence-corrected chi connectivity index (χ2v) is 2.47. The molecule has 0 spiro atoms. The molecule has 0 unspecified atom stereocenters. The summed E-state index contributed by atoms with van der Waals surface area (Å²) in [6.45, 7) is 3.83. The molecule has 0 amide bonds. The highest BCUT2D eigenvalue weighted by molar-refractivity contribution is 5.11. The summed E-state index contributed by atoms with van der Waals surface area (Å²) in [7, 11) is 0. The zero-order chi connectivity index (χ0) is 9.36. The summed E-state index contributed by atoms with van der Waals surface area (Å²) in [6.07, 6.45) is 3.20. The number of rotatable bonds is 0. The highest BCUT2D eigenvalue weighted by Crippen LogP contribution is 1.81. The molecule has 0 radical (unpaired) electrons. The van der Waals surface area contributed by atoms with Crippen LogP contribution in [0.2, 0.25) is 0 Å². The van der Waals surface area contributed by atoms with E-state index in [0.29, 0.717) is 5.95 Å². The van der Waals surface area contributed by atoms with Gasteiger partial charge in [0.15, 0.2) is 0 Å². The number of nitrogens with two attached hydrogens (primary N) is 1. The molecule has 0 atom stereocenters. The lowest BCUT2D eigenvalue weighted by atomic mass is 10.5. The smallest absolute Gasteiger partial charge is 0.219 e. The van der Waals surface area contributed by atoms with Gasteiger partial charge in [-0.2, -0.15) is 0 Å². The highest BCUT2D eigenvalue weighted by atomic mass is 16.5. The molecule has 1 fully saturated rings. The van der Waals surface area contributed by atoms with Crippen molar-refractivity contribution in [1.82, 2.24) is 15.3 Å². The van der Waals surface area contributed by atoms with Crippen molar-refractivity contribution < 1.29 is 4.74 Å². The molecule has 1 aromatic heterocycles. The molecule has 5 nitrogen and oxygen atoms in total. The molecule has 1 aliphatic rings. The maximum absolute atomic E-state index is 5.14. The molecule has 0 bridgehead atoms. The summed E-state index contributed by atoms with van der Waals surface area (Å²) in [5.41, 5.74) is 5.14. The van der Waals surface area contributed by atoms with E-state index in [1.165, 1.54) is 0 Å². The number of anilines is 1. The van der Waals surface area contributed by atoms with Gasteiger partial charge in [0.05, 0.1) is 13.2 Å². The topological polar surface area (TPSA) is 73.1 Å². The van der Waals surface area contributed by atoms with E-state index in [9.17, 15) is 0 Å². The van der Waals surface area contributed by atoms with E-state index in [1.807, 2.05) is 0 Å². The molecule has 2 rings (SSSR count). The maximum atomic E-state index is 5.14. The fourth-order valence-electron chi connectivity index (χ4n) is 0.826. The highest BCUT2D eigenvalue weighted by Gasteiger charge is 1.92. The molecule has 3 N–H and O–H groups in total. The minimum absolute atomic E-state index is 0.322. The first kappa shape index (κ1) is 9.88. The van der Waals surface area contributed by atoms with Crippen LogP contribution >= 0.6 is 0 Å². The van der Waals surface area contributed by atoms with Gasteiger partial charge in [-0.1, -0.05) is 0 Å². The molecule has 0 saturated carbocycles. The number of nitrogen functional groups attached to an aromatic ring is 1. The first-order valence-electron chi connectivity index (χ1n) is 4.20. The van der Waals surface area contributed by atoms with Gasteiger partial charge in [0.1, 0.15) is 0 Å². The number of nitrogens with one attached hydrogen (secondary N) is 1. The van der Waals surface area contributed by atoms with Crippen LogP contribution in [0.3, 0.4) is 0 Å². The third kappa shape index (κ3) is 5.10. The van der Waals surface area contributed by atoms with Crippen LogP contribution in [-0.4, -0.2) is 36.3 Å². The standard InChI is InChI=1S/C4H5N3.C4H9NO/c5-4-6-2-1-3-7-4;1-3-6-4-2-5-1/h1-3H,(H2,5,6,7);5H,1-4H2. The fraction of sp³-hybridized carbons (Fsp3) is 0.500. The number of hydrogen-bond donors (Lipinski definition) is 2. The third-order valence-corrected chi connectivity index (χ3v) is 1.43. The van der Waals surface area contributed by atoms with Gasteiger partial charge in [-0.3, -0.25) is 0 Å². The average molecular weight is 182 g/mol. The summed E-state index contributed by atoms with van der Waals surface area (Å²) in [4.78, 5) is 7.29. The predicted molar refractivity (Wildman–Crippen MR) is 50.1 cm³/mol. The quantitative estimate of drug-likeness (QED) is 0.574. The SMILES string of the molecule is C1COCCN1.Nc1ncccn1. The van der Waals surface area contributed by atoms with Crippen LogP contribution < -0.4 is 11.1 Å². The van der Waals surface area contributed by atoms with Crippen LogP contribution in [0.15, 0.2) is 18.5 Å². The molecular formula is C8H14N4O. The van der Waals surface area contributed by atoms with Crippen molar-refractivity contribution in [3.05, 3.63) is 18.5 Å². The van der Waals surface area contributed by atoms with Gasteiger partial charge >= 0.3 is 0 Å². The molecule has 1 saturated heterocycles. The Morgan fingerprint density at radius 2 is 1.85 bits per heavy atom. The van der Waals surface area contributed by atoms with Crippen LogP contribution in [-0.2, 0) is 4.74 Å². The summed E-state index contributed by atoms with van der Waals surface area (Å²) < 4.78 is 5.01. The minimum Gasteiger partial charge on any atom is -0.379 e. The van der Waals surface area contributed by atoms with Crippen LogP contribution in [0.4, 0.5) is 5.95 Å². The number of aromatic nitrogens is 2. The van der Waals surface area contributed by atoms with Crippen LogP contribution in [0.25, 0.3) is 0 Å². The summed E-state index contributed by atoms with van der Waals surface area (Å²) in [6, 6.07) is 1.72. The largest absolute Gasteiger partial charge is 0.379 e. The zero-order valence-corrected chi connectivity index (χ0v) is 7.44. The second kappa shape index (κ2) is 6.33. The number of nitrogens with zero attached hydrogens (tertiary/aromatic N) is 2. The van der Waals surface area contributed by atoms with Crippen molar-refractivity contribution in [1.29, 1.82) is 0 Å². The maximum Gasteiger partial charge on any atom is 0.219 e. The Morgan fingerprint density at radius 3 is 2.08 bits per heavy atom. The van der Waals surface area contributed by atoms with Crippen molar-refractivity contribution in [3.8, 4) is 0 Å². The molecule has 0 aromatic carbocycles. The van der Waals surface area contributed by atoms with E-state index in [0.717, 1.165) is 26.3 Å². The van der Waals surface area contributed by atoms with Gasteiger partial charge < -0.3 is 15.8 Å². The molecule has 0 aliphatic carbocycles. The Balaban J connectivity index is 0.000000132. The second-order valence-electron chi connectivity index (χ2n) is 2.47. The first-order valence-corrected chi connectivity index (χ1v) is 4.20. The molecule has 13 heavy (non-hydrogen) atoms. The van der Waals surface area contributed by atoms with E-state index in [4.69, 9.17) is 10.5 Å². The normalized spacial score (nSPS) is 15.7. The Kier molecular flexibility index (Phi) is 4.81. The number of hydrogen-bond acceptors (Lipinski definition) is 5. The van der Waals surface area contributed by atoms with Gasteiger partial charge in [0, 0.05) is 25.5 Å². The third-order valence-electron chi connectivity index (χ3n) is 1.43. The van der Waals surface area contributed by atoms with Gasteiger partial charge in [-0.25, -0.2) is 9.97 Å². The molecule has 2 heterocycles. The average Bonchev–Trinajstić information content (AvgIpc) is 2.22. The van der Waals surface area contributed by atoms with Crippen molar-refractivity contribution >= 4 is 5.95 Å². The lowest BCUT2D eigenvalue weighted by Crippen LogP contribution is -2.30. The first-order chi connectivity index (χ1) is 6.39. The Bertz CT molecular complexity index is 201. The molecule has 1 aliphatic heterocycles. The zero-order valence-electron chi connectivity index (χ0n) is 7.44. The summed E-state index contributed by atoms with van der Waals surface area (Å²) >= 11 is 0. The lowest BCUT2D eigenvalue weighted by Gasteiger charge is -2.10. The number of ether oxygens (including phenoxy) is 1. The molecular weight excluding hydrogens is 168 g/mol. The monoisotopic (exact) mass is 182 g/mol. The van der Waals surface area contributed by atoms with E-state index in [2.05, 4.69) is 15.3 Å².